The van der Waals surface area contributed by atoms with Gasteiger partial charge >= 0.3 is 0 Å². The van der Waals surface area contributed by atoms with Gasteiger partial charge in [-0.05, 0) is 54.2 Å². The van der Waals surface area contributed by atoms with Crippen molar-refractivity contribution in [3.05, 3.63) is 10.7 Å². The van der Waals surface area contributed by atoms with Crippen LogP contribution in [-0.2, 0) is 0 Å². The fraction of sp³-hybridized carbons (Fsp3) is 0.714. The Labute approximate surface area is 129 Å². The van der Waals surface area contributed by atoms with E-state index < -0.39 is 0 Å². The van der Waals surface area contributed by atoms with Crippen molar-refractivity contribution in [1.82, 2.24) is 15.3 Å². The predicted molar refractivity (Wildman–Crippen MR) is 84.4 cm³/mol. The zero-order chi connectivity index (χ0) is 14.4. The van der Waals surface area contributed by atoms with Crippen LogP contribution in [0.15, 0.2) is 10.7 Å². The molecular weight excluding hydrogens is 320 g/mol. The first kappa shape index (κ1) is 15.5. The minimum absolute atomic E-state index is 0.599. The molecule has 2 rings (SSSR count). The molecule has 112 valence electrons. The van der Waals surface area contributed by atoms with Crippen molar-refractivity contribution in [2.24, 2.45) is 5.92 Å². The van der Waals surface area contributed by atoms with Gasteiger partial charge in [0.15, 0.2) is 0 Å². The number of ether oxygens (including phenoxy) is 1. The summed E-state index contributed by atoms with van der Waals surface area (Å²) in [4.78, 5) is 11.1. The van der Waals surface area contributed by atoms with Gasteiger partial charge in [-0.15, -0.1) is 0 Å². The number of aromatic nitrogens is 2. The molecule has 1 aromatic rings. The molecule has 1 N–H and O–H groups in total. The lowest BCUT2D eigenvalue weighted by Crippen LogP contribution is -2.38. The normalized spacial score (nSPS) is 16.4. The van der Waals surface area contributed by atoms with Crippen molar-refractivity contribution < 1.29 is 4.74 Å². The van der Waals surface area contributed by atoms with E-state index in [-0.39, 0.29) is 0 Å². The van der Waals surface area contributed by atoms with E-state index in [1.54, 1.807) is 13.3 Å². The number of rotatable bonds is 6. The van der Waals surface area contributed by atoms with Gasteiger partial charge in [-0.1, -0.05) is 6.92 Å². The number of halogens is 1. The molecule has 0 spiro atoms. The molecule has 2 heterocycles. The van der Waals surface area contributed by atoms with E-state index in [0.717, 1.165) is 42.5 Å². The Kier molecular flexibility index (Phi) is 6.04. The van der Waals surface area contributed by atoms with Crippen LogP contribution in [0.2, 0.25) is 0 Å². The van der Waals surface area contributed by atoms with E-state index in [2.05, 4.69) is 43.0 Å². The number of hydrogen-bond acceptors (Lipinski definition) is 5. The number of hydrogen-bond donors (Lipinski definition) is 1. The van der Waals surface area contributed by atoms with Crippen molar-refractivity contribution in [2.45, 2.75) is 26.2 Å². The van der Waals surface area contributed by atoms with E-state index in [4.69, 9.17) is 4.74 Å². The maximum absolute atomic E-state index is 5.23. The Morgan fingerprint density at radius 1 is 1.45 bits per heavy atom. The molecule has 0 bridgehead atoms. The van der Waals surface area contributed by atoms with Crippen LogP contribution < -0.4 is 15.0 Å². The zero-order valence-corrected chi connectivity index (χ0v) is 13.8. The van der Waals surface area contributed by atoms with Crippen LogP contribution in [0.3, 0.4) is 0 Å². The highest BCUT2D eigenvalue weighted by atomic mass is 79.9. The monoisotopic (exact) mass is 342 g/mol. The zero-order valence-electron chi connectivity index (χ0n) is 12.2. The number of methoxy groups -OCH3 is 1. The van der Waals surface area contributed by atoms with Gasteiger partial charge < -0.3 is 15.0 Å². The molecule has 0 aromatic carbocycles. The number of piperidine rings is 1. The van der Waals surface area contributed by atoms with Gasteiger partial charge in [0.2, 0.25) is 11.8 Å². The molecule has 1 fully saturated rings. The first-order valence-corrected chi connectivity index (χ1v) is 8.06. The minimum atomic E-state index is 0.599. The Morgan fingerprint density at radius 3 is 2.85 bits per heavy atom. The van der Waals surface area contributed by atoms with Crippen molar-refractivity contribution >= 4 is 21.9 Å². The third-order valence-corrected chi connectivity index (χ3v) is 4.19. The fourth-order valence-electron chi connectivity index (χ4n) is 2.46. The summed E-state index contributed by atoms with van der Waals surface area (Å²) in [5.41, 5.74) is 0. The van der Waals surface area contributed by atoms with Gasteiger partial charge in [-0.2, -0.15) is 4.98 Å². The Hall–Kier alpha value is -0.880. The lowest BCUT2D eigenvalue weighted by molar-refractivity contribution is 0.375. The quantitative estimate of drug-likeness (QED) is 0.804. The minimum Gasteiger partial charge on any atom is -0.480 e. The SMILES string of the molecule is CCCNCC1CCN(c2ncc(Br)c(OC)n2)CC1. The number of anilines is 1. The van der Waals surface area contributed by atoms with Gasteiger partial charge in [-0.3, -0.25) is 0 Å². The Balaban J connectivity index is 1.87. The van der Waals surface area contributed by atoms with E-state index >= 15 is 0 Å². The fourth-order valence-corrected chi connectivity index (χ4v) is 2.81. The molecule has 0 saturated carbocycles. The second kappa shape index (κ2) is 7.78. The standard InChI is InChI=1S/C14H23BrN4O/c1-3-6-16-9-11-4-7-19(8-5-11)14-17-10-12(15)13(18-14)20-2/h10-11,16H,3-9H2,1-2H3. The van der Waals surface area contributed by atoms with Crippen molar-refractivity contribution in [3.63, 3.8) is 0 Å². The number of nitrogens with one attached hydrogen (secondary N) is 1. The highest BCUT2D eigenvalue weighted by Crippen LogP contribution is 2.26. The van der Waals surface area contributed by atoms with Gasteiger partial charge in [0.05, 0.1) is 17.8 Å². The van der Waals surface area contributed by atoms with Gasteiger partial charge in [0.1, 0.15) is 0 Å². The molecular formula is C14H23BrN4O. The summed E-state index contributed by atoms with van der Waals surface area (Å²) in [6.07, 6.45) is 5.35. The van der Waals surface area contributed by atoms with Crippen LogP contribution in [0, 0.1) is 5.92 Å². The van der Waals surface area contributed by atoms with Gasteiger partial charge in [0.25, 0.3) is 0 Å². The van der Waals surface area contributed by atoms with Gasteiger partial charge in [0, 0.05) is 13.1 Å². The molecule has 1 aromatic heterocycles. The van der Waals surface area contributed by atoms with Crippen LogP contribution in [0.1, 0.15) is 26.2 Å². The smallest absolute Gasteiger partial charge is 0.232 e. The topological polar surface area (TPSA) is 50.3 Å². The van der Waals surface area contributed by atoms with Crippen LogP contribution in [0.4, 0.5) is 5.95 Å². The van der Waals surface area contributed by atoms with Crippen LogP contribution in [0.5, 0.6) is 5.88 Å². The lowest BCUT2D eigenvalue weighted by Gasteiger charge is -2.32. The highest BCUT2D eigenvalue weighted by molar-refractivity contribution is 9.10. The third kappa shape index (κ3) is 4.06. The molecule has 1 saturated heterocycles. The van der Waals surface area contributed by atoms with E-state index in [1.807, 2.05) is 0 Å². The summed E-state index contributed by atoms with van der Waals surface area (Å²) < 4.78 is 6.02. The predicted octanol–water partition coefficient (Wildman–Crippen LogP) is 2.46. The molecule has 5 nitrogen and oxygen atoms in total. The maximum atomic E-state index is 5.23. The largest absolute Gasteiger partial charge is 0.480 e. The molecule has 0 aliphatic carbocycles. The third-order valence-electron chi connectivity index (χ3n) is 3.65. The van der Waals surface area contributed by atoms with E-state index in [1.165, 1.54) is 19.3 Å². The molecule has 6 heteroatoms. The van der Waals surface area contributed by atoms with Crippen LogP contribution in [-0.4, -0.2) is 43.3 Å². The van der Waals surface area contributed by atoms with E-state index in [0.29, 0.717) is 5.88 Å². The summed E-state index contributed by atoms with van der Waals surface area (Å²) in [6.45, 7) is 6.49. The maximum Gasteiger partial charge on any atom is 0.232 e. The summed E-state index contributed by atoms with van der Waals surface area (Å²) in [7, 11) is 1.63. The molecule has 1 aliphatic heterocycles. The first-order chi connectivity index (χ1) is 9.74. The Bertz CT molecular complexity index is 422. The van der Waals surface area contributed by atoms with Crippen molar-refractivity contribution in [3.8, 4) is 5.88 Å². The van der Waals surface area contributed by atoms with E-state index in [9.17, 15) is 0 Å². The second-order valence-corrected chi connectivity index (χ2v) is 6.02. The molecule has 0 amide bonds. The number of nitrogens with zero attached hydrogens (tertiary/aromatic N) is 3. The molecule has 0 radical (unpaired) electrons. The van der Waals surface area contributed by atoms with Crippen molar-refractivity contribution in [1.29, 1.82) is 0 Å². The first-order valence-electron chi connectivity index (χ1n) is 7.26. The lowest BCUT2D eigenvalue weighted by atomic mass is 9.97. The average molecular weight is 343 g/mol. The summed E-state index contributed by atoms with van der Waals surface area (Å²) >= 11 is 3.38. The van der Waals surface area contributed by atoms with Crippen LogP contribution >= 0.6 is 15.9 Å². The molecule has 20 heavy (non-hydrogen) atoms. The molecule has 0 unspecified atom stereocenters. The van der Waals surface area contributed by atoms with Gasteiger partial charge in [-0.25, -0.2) is 4.98 Å². The molecule has 0 atom stereocenters. The van der Waals surface area contributed by atoms with Crippen molar-refractivity contribution in [2.75, 3.05) is 38.2 Å². The Morgan fingerprint density at radius 2 is 2.20 bits per heavy atom. The summed E-state index contributed by atoms with van der Waals surface area (Å²) in [5, 5.41) is 3.51. The molecule has 1 aliphatic rings. The summed E-state index contributed by atoms with van der Waals surface area (Å²) in [5.74, 6) is 2.14. The highest BCUT2D eigenvalue weighted by Gasteiger charge is 2.21. The second-order valence-electron chi connectivity index (χ2n) is 5.16. The summed E-state index contributed by atoms with van der Waals surface area (Å²) in [6, 6.07) is 0. The average Bonchev–Trinajstić information content (AvgIpc) is 2.49. The van der Waals surface area contributed by atoms with Crippen LogP contribution in [0.25, 0.3) is 0 Å².